The highest BCUT2D eigenvalue weighted by Crippen LogP contribution is 2.35. The van der Waals surface area contributed by atoms with Crippen molar-refractivity contribution < 1.29 is 9.18 Å². The van der Waals surface area contributed by atoms with Gasteiger partial charge in [-0.1, -0.05) is 32.0 Å². The summed E-state index contributed by atoms with van der Waals surface area (Å²) in [7, 11) is 0. The lowest BCUT2D eigenvalue weighted by Gasteiger charge is -2.09. The Bertz CT molecular complexity index is 1780. The maximum atomic E-state index is 13.9. The van der Waals surface area contributed by atoms with Gasteiger partial charge in [0.1, 0.15) is 11.5 Å². The van der Waals surface area contributed by atoms with Crippen LogP contribution in [0.4, 0.5) is 10.1 Å². The number of aromatic nitrogens is 5. The van der Waals surface area contributed by atoms with Gasteiger partial charge in [-0.3, -0.25) is 19.9 Å². The minimum absolute atomic E-state index is 0.0579. The summed E-state index contributed by atoms with van der Waals surface area (Å²) in [4.78, 5) is 24.2. The number of nitrogens with one attached hydrogen (secondary N) is 3. The average Bonchev–Trinajstić information content (AvgIpc) is 3.52. The van der Waals surface area contributed by atoms with E-state index < -0.39 is 0 Å². The number of hydrogen-bond donors (Lipinski definition) is 3. The molecule has 6 rings (SSSR count). The molecule has 6 aromatic rings. The summed E-state index contributed by atoms with van der Waals surface area (Å²) in [6.07, 6.45) is 6.91. The van der Waals surface area contributed by atoms with Crippen molar-refractivity contribution in [3.05, 3.63) is 85.2 Å². The highest BCUT2D eigenvalue weighted by atomic mass is 19.1. The lowest BCUT2D eigenvalue weighted by molar-refractivity contribution is -0.118. The van der Waals surface area contributed by atoms with Gasteiger partial charge in [-0.25, -0.2) is 4.39 Å². The van der Waals surface area contributed by atoms with Crippen LogP contribution in [0.15, 0.2) is 79.4 Å². The molecule has 182 valence electrons. The second kappa shape index (κ2) is 8.98. The molecule has 8 heteroatoms. The number of amides is 1. The standard InChI is InChI=1S/C29H23FN6O/c1-16(2)29(37)33-21-9-19(12-31-13-21)17-6-7-25-23(10-17)28(36-35-25)26-11-22-24(14-32-15-27(22)34-26)18-4-3-5-20(30)8-18/h3-16,34H,1-2H3,(H,33,37)(H,35,36). The molecule has 0 fully saturated rings. The highest BCUT2D eigenvalue weighted by Gasteiger charge is 2.15. The Labute approximate surface area is 211 Å². The molecule has 0 bridgehead atoms. The molecule has 0 unspecified atom stereocenters. The Morgan fingerprint density at radius 3 is 2.57 bits per heavy atom. The van der Waals surface area contributed by atoms with Crippen LogP contribution >= 0.6 is 0 Å². The number of H-pyrrole nitrogens is 2. The van der Waals surface area contributed by atoms with Gasteiger partial charge in [-0.2, -0.15) is 5.10 Å². The molecule has 0 aliphatic rings. The molecular formula is C29H23FN6O. The second-order valence-electron chi connectivity index (χ2n) is 9.28. The van der Waals surface area contributed by atoms with Crippen LogP contribution in [0.3, 0.4) is 0 Å². The first-order valence-electron chi connectivity index (χ1n) is 11.9. The average molecular weight is 491 g/mol. The van der Waals surface area contributed by atoms with Crippen molar-refractivity contribution in [2.45, 2.75) is 13.8 Å². The highest BCUT2D eigenvalue weighted by molar-refractivity contribution is 6.01. The number of aromatic amines is 2. The molecule has 3 N–H and O–H groups in total. The summed E-state index contributed by atoms with van der Waals surface area (Å²) in [5.41, 5.74) is 7.37. The molecule has 0 saturated heterocycles. The van der Waals surface area contributed by atoms with Crippen molar-refractivity contribution in [3.63, 3.8) is 0 Å². The van der Waals surface area contributed by atoms with Crippen LogP contribution in [-0.4, -0.2) is 31.1 Å². The van der Waals surface area contributed by atoms with Crippen LogP contribution in [0.5, 0.6) is 0 Å². The van der Waals surface area contributed by atoms with E-state index in [4.69, 9.17) is 0 Å². The van der Waals surface area contributed by atoms with Crippen molar-refractivity contribution in [2.24, 2.45) is 5.92 Å². The molecule has 37 heavy (non-hydrogen) atoms. The summed E-state index contributed by atoms with van der Waals surface area (Å²) in [5, 5.41) is 12.5. The molecule has 0 aliphatic carbocycles. The Morgan fingerprint density at radius 1 is 0.865 bits per heavy atom. The number of pyridine rings is 2. The zero-order valence-electron chi connectivity index (χ0n) is 20.2. The Morgan fingerprint density at radius 2 is 1.73 bits per heavy atom. The minimum atomic E-state index is -0.293. The Hall–Kier alpha value is -4.85. The van der Waals surface area contributed by atoms with Gasteiger partial charge >= 0.3 is 0 Å². The molecule has 7 nitrogen and oxygen atoms in total. The van der Waals surface area contributed by atoms with Gasteiger partial charge in [0.25, 0.3) is 0 Å². The Balaban J connectivity index is 1.41. The number of benzene rings is 2. The van der Waals surface area contributed by atoms with Crippen molar-refractivity contribution in [3.8, 4) is 33.6 Å². The monoisotopic (exact) mass is 490 g/mol. The fourth-order valence-corrected chi connectivity index (χ4v) is 4.42. The van der Waals surface area contributed by atoms with E-state index in [2.05, 4.69) is 36.5 Å². The predicted molar refractivity (Wildman–Crippen MR) is 143 cm³/mol. The molecular weight excluding hydrogens is 467 g/mol. The summed E-state index contributed by atoms with van der Waals surface area (Å²) in [6.45, 7) is 3.70. The van der Waals surface area contributed by atoms with Crippen LogP contribution in [0.1, 0.15) is 13.8 Å². The van der Waals surface area contributed by atoms with Crippen LogP contribution < -0.4 is 5.32 Å². The van der Waals surface area contributed by atoms with Crippen molar-refractivity contribution >= 4 is 33.4 Å². The fraction of sp³-hybridized carbons (Fsp3) is 0.103. The van der Waals surface area contributed by atoms with E-state index in [9.17, 15) is 9.18 Å². The molecule has 1 amide bonds. The van der Waals surface area contributed by atoms with Gasteiger partial charge in [0, 0.05) is 40.2 Å². The number of hydrogen-bond acceptors (Lipinski definition) is 4. The number of rotatable bonds is 5. The fourth-order valence-electron chi connectivity index (χ4n) is 4.42. The van der Waals surface area contributed by atoms with Crippen LogP contribution in [0.25, 0.3) is 55.4 Å². The summed E-state index contributed by atoms with van der Waals surface area (Å²) < 4.78 is 13.9. The van der Waals surface area contributed by atoms with E-state index in [1.165, 1.54) is 12.1 Å². The minimum Gasteiger partial charge on any atom is -0.352 e. The normalized spacial score (nSPS) is 11.5. The van der Waals surface area contributed by atoms with Crippen molar-refractivity contribution in [1.82, 2.24) is 25.1 Å². The first-order valence-corrected chi connectivity index (χ1v) is 11.9. The summed E-state index contributed by atoms with van der Waals surface area (Å²) in [5.74, 6) is -0.475. The van der Waals surface area contributed by atoms with Gasteiger partial charge in [0.05, 0.1) is 34.8 Å². The second-order valence-corrected chi connectivity index (χ2v) is 9.28. The molecule has 0 atom stereocenters. The van der Waals surface area contributed by atoms with Gasteiger partial charge < -0.3 is 10.3 Å². The van der Waals surface area contributed by atoms with Gasteiger partial charge in [-0.05, 0) is 47.5 Å². The maximum absolute atomic E-state index is 13.9. The number of halogens is 1. The van der Waals surface area contributed by atoms with E-state index >= 15 is 0 Å². The van der Waals surface area contributed by atoms with E-state index in [-0.39, 0.29) is 17.6 Å². The summed E-state index contributed by atoms with van der Waals surface area (Å²) >= 11 is 0. The first-order chi connectivity index (χ1) is 18.0. The number of fused-ring (bicyclic) bond motifs is 2. The smallest absolute Gasteiger partial charge is 0.226 e. The first kappa shape index (κ1) is 22.6. The van der Waals surface area contributed by atoms with Crippen LogP contribution in [-0.2, 0) is 4.79 Å². The third-order valence-electron chi connectivity index (χ3n) is 6.36. The third kappa shape index (κ3) is 4.23. The summed E-state index contributed by atoms with van der Waals surface area (Å²) in [6, 6.07) is 16.4. The van der Waals surface area contributed by atoms with Crippen molar-refractivity contribution in [1.29, 1.82) is 0 Å². The predicted octanol–water partition coefficient (Wildman–Crippen LogP) is 6.57. The molecule has 4 aromatic heterocycles. The largest absolute Gasteiger partial charge is 0.352 e. The Kier molecular flexibility index (Phi) is 5.49. The third-order valence-corrected chi connectivity index (χ3v) is 6.36. The molecule has 0 spiro atoms. The quantitative estimate of drug-likeness (QED) is 0.254. The molecule has 2 aromatic carbocycles. The zero-order chi connectivity index (χ0) is 25.5. The molecule has 4 heterocycles. The van der Waals surface area contributed by atoms with Crippen LogP contribution in [0, 0.1) is 11.7 Å². The number of nitrogens with zero attached hydrogens (tertiary/aromatic N) is 3. The molecule has 0 aliphatic heterocycles. The van der Waals surface area contributed by atoms with Gasteiger partial charge in [-0.15, -0.1) is 0 Å². The van der Waals surface area contributed by atoms with E-state index in [0.717, 1.165) is 55.4 Å². The molecule has 0 radical (unpaired) electrons. The lowest BCUT2D eigenvalue weighted by atomic mass is 10.0. The van der Waals surface area contributed by atoms with E-state index in [1.54, 1.807) is 30.9 Å². The van der Waals surface area contributed by atoms with Gasteiger partial charge in [0.15, 0.2) is 0 Å². The number of carbonyl (C=O) groups excluding carboxylic acids is 1. The number of carbonyl (C=O) groups is 1. The lowest BCUT2D eigenvalue weighted by Crippen LogP contribution is -2.17. The van der Waals surface area contributed by atoms with E-state index in [1.807, 2.05) is 44.2 Å². The van der Waals surface area contributed by atoms with E-state index in [0.29, 0.717) is 5.69 Å². The van der Waals surface area contributed by atoms with Gasteiger partial charge in [0.2, 0.25) is 5.91 Å². The molecule has 0 saturated carbocycles. The zero-order valence-corrected chi connectivity index (χ0v) is 20.2. The van der Waals surface area contributed by atoms with Crippen LogP contribution in [0.2, 0.25) is 0 Å². The maximum Gasteiger partial charge on any atom is 0.226 e. The van der Waals surface area contributed by atoms with Crippen molar-refractivity contribution in [2.75, 3.05) is 5.32 Å². The SMILES string of the molecule is CC(C)C(=O)Nc1cncc(-c2ccc3[nH]nc(-c4cc5c(-c6cccc(F)c6)cncc5[nH]4)c3c2)c1. The number of anilines is 1. The topological polar surface area (TPSA) is 99.3 Å².